The smallest absolute Gasteiger partial charge is 0.266 e. The molecule has 156 valence electrons. The van der Waals surface area contributed by atoms with Crippen molar-refractivity contribution in [3.05, 3.63) is 70.4 Å². The Bertz CT molecular complexity index is 1010. The number of nitrogens with zero attached hydrogens (tertiary/aromatic N) is 2. The van der Waals surface area contributed by atoms with Crippen LogP contribution in [0.1, 0.15) is 17.2 Å². The molecule has 2 aromatic rings. The monoisotopic (exact) mass is 446 g/mol. The van der Waals surface area contributed by atoms with Crippen molar-refractivity contribution in [2.75, 3.05) is 20.1 Å². The number of phenolic OH excluding ortho intramolecular Hbond substituents is 1. The van der Waals surface area contributed by atoms with Crippen molar-refractivity contribution < 1.29 is 24.2 Å². The van der Waals surface area contributed by atoms with E-state index in [-0.39, 0.29) is 33.6 Å². The van der Waals surface area contributed by atoms with Gasteiger partial charge in [0.05, 0.1) is 17.6 Å². The first-order valence-corrected chi connectivity index (χ1v) is 10.2. The molecule has 6 nitrogen and oxygen atoms in total. The van der Waals surface area contributed by atoms with Crippen LogP contribution in [0.25, 0.3) is 6.08 Å². The molecule has 1 heterocycles. The third-order valence-corrected chi connectivity index (χ3v) is 5.89. The Kier molecular flexibility index (Phi) is 6.86. The number of aromatic hydroxyl groups is 1. The van der Waals surface area contributed by atoms with Crippen molar-refractivity contribution >= 4 is 46.2 Å². The van der Waals surface area contributed by atoms with Gasteiger partial charge in [0, 0.05) is 12.6 Å². The molecule has 0 bridgehead atoms. The van der Waals surface area contributed by atoms with E-state index in [1.165, 1.54) is 41.1 Å². The minimum Gasteiger partial charge on any atom is -0.508 e. The molecular weight excluding hydrogens is 427 g/mol. The number of aliphatic hydroxyl groups is 1. The Balaban J connectivity index is 1.64. The lowest BCUT2D eigenvalue weighted by Gasteiger charge is -2.23. The van der Waals surface area contributed by atoms with Gasteiger partial charge >= 0.3 is 0 Å². The highest BCUT2D eigenvalue weighted by Gasteiger charge is 2.34. The molecule has 3 rings (SSSR count). The van der Waals surface area contributed by atoms with Gasteiger partial charge in [-0.05, 0) is 29.8 Å². The van der Waals surface area contributed by atoms with Gasteiger partial charge in [0.1, 0.15) is 22.4 Å². The minimum absolute atomic E-state index is 0.00344. The van der Waals surface area contributed by atoms with E-state index in [9.17, 15) is 24.2 Å². The summed E-state index contributed by atoms with van der Waals surface area (Å²) in [5.74, 6) is -1.25. The second kappa shape index (κ2) is 9.38. The SMILES string of the molecule is CN(CC(O)c1ccc(O)cc1)C(=O)CN1C(=O)/C(=C\c2ccccc2F)SC1=S. The number of rotatable bonds is 6. The number of carbonyl (C=O) groups is 2. The Morgan fingerprint density at radius 2 is 1.93 bits per heavy atom. The molecule has 1 saturated heterocycles. The number of aliphatic hydroxyl groups excluding tert-OH is 1. The van der Waals surface area contributed by atoms with Crippen LogP contribution < -0.4 is 0 Å². The summed E-state index contributed by atoms with van der Waals surface area (Å²) in [6, 6.07) is 12.1. The van der Waals surface area contributed by atoms with Crippen molar-refractivity contribution in [1.29, 1.82) is 0 Å². The maximum atomic E-state index is 13.9. The van der Waals surface area contributed by atoms with Crippen molar-refractivity contribution in [3.63, 3.8) is 0 Å². The molecule has 0 radical (unpaired) electrons. The number of amides is 2. The molecule has 0 saturated carbocycles. The van der Waals surface area contributed by atoms with Crippen LogP contribution in [-0.4, -0.2) is 56.3 Å². The van der Waals surface area contributed by atoms with Crippen LogP contribution in [0.5, 0.6) is 5.75 Å². The first-order valence-electron chi connectivity index (χ1n) is 8.97. The Labute approximate surface area is 182 Å². The highest BCUT2D eigenvalue weighted by atomic mass is 32.2. The molecule has 1 unspecified atom stereocenters. The Morgan fingerprint density at radius 3 is 2.60 bits per heavy atom. The zero-order valence-electron chi connectivity index (χ0n) is 16.0. The molecule has 2 amide bonds. The fourth-order valence-corrected chi connectivity index (χ4v) is 4.03. The molecule has 0 spiro atoms. The first-order chi connectivity index (χ1) is 14.3. The van der Waals surface area contributed by atoms with Gasteiger partial charge in [-0.1, -0.05) is 54.3 Å². The molecular formula is C21H19FN2O4S2. The summed E-state index contributed by atoms with van der Waals surface area (Å²) in [6.07, 6.45) is 0.462. The lowest BCUT2D eigenvalue weighted by Crippen LogP contribution is -2.41. The predicted molar refractivity (Wildman–Crippen MR) is 117 cm³/mol. The third-order valence-electron chi connectivity index (χ3n) is 4.51. The number of thioether (sulfide) groups is 1. The average molecular weight is 447 g/mol. The number of carbonyl (C=O) groups excluding carboxylic acids is 2. The zero-order chi connectivity index (χ0) is 21.8. The summed E-state index contributed by atoms with van der Waals surface area (Å²) in [7, 11) is 1.51. The fraction of sp³-hybridized carbons (Fsp3) is 0.190. The number of benzene rings is 2. The number of likely N-dealkylation sites (N-methyl/N-ethyl adjacent to an activating group) is 1. The molecule has 30 heavy (non-hydrogen) atoms. The van der Waals surface area contributed by atoms with Gasteiger partial charge in [0.2, 0.25) is 5.91 Å². The largest absolute Gasteiger partial charge is 0.508 e. The number of phenols is 1. The predicted octanol–water partition coefficient (Wildman–Crippen LogP) is 2.92. The molecule has 1 aliphatic rings. The van der Waals surface area contributed by atoms with Crippen LogP contribution in [-0.2, 0) is 9.59 Å². The highest BCUT2D eigenvalue weighted by Crippen LogP contribution is 2.33. The van der Waals surface area contributed by atoms with Gasteiger partial charge in [-0.2, -0.15) is 0 Å². The summed E-state index contributed by atoms with van der Waals surface area (Å²) in [6.45, 7) is -0.276. The summed E-state index contributed by atoms with van der Waals surface area (Å²) >= 11 is 6.22. The van der Waals surface area contributed by atoms with E-state index in [1.807, 2.05) is 0 Å². The van der Waals surface area contributed by atoms with Crippen LogP contribution in [0, 0.1) is 5.82 Å². The van der Waals surface area contributed by atoms with E-state index >= 15 is 0 Å². The molecule has 0 aromatic heterocycles. The summed E-state index contributed by atoms with van der Waals surface area (Å²) in [4.78, 5) is 27.9. The highest BCUT2D eigenvalue weighted by molar-refractivity contribution is 8.26. The van der Waals surface area contributed by atoms with Crippen LogP contribution in [0.2, 0.25) is 0 Å². The zero-order valence-corrected chi connectivity index (χ0v) is 17.6. The van der Waals surface area contributed by atoms with E-state index in [2.05, 4.69) is 0 Å². The minimum atomic E-state index is -0.952. The van der Waals surface area contributed by atoms with Crippen LogP contribution >= 0.6 is 24.0 Å². The quantitative estimate of drug-likeness (QED) is 0.525. The standard InChI is InChI=1S/C21H19FN2O4S2/c1-23(11-17(26)13-6-8-15(25)9-7-13)19(27)12-24-20(28)18(30-21(24)29)10-14-4-2-3-5-16(14)22/h2-10,17,25-26H,11-12H2,1H3/b18-10+. The maximum Gasteiger partial charge on any atom is 0.266 e. The van der Waals surface area contributed by atoms with Gasteiger partial charge in [0.15, 0.2) is 0 Å². The number of hydrogen-bond donors (Lipinski definition) is 2. The topological polar surface area (TPSA) is 81.1 Å². The Morgan fingerprint density at radius 1 is 1.27 bits per heavy atom. The lowest BCUT2D eigenvalue weighted by atomic mass is 10.1. The van der Waals surface area contributed by atoms with Crippen molar-refractivity contribution in [3.8, 4) is 5.75 Å². The van der Waals surface area contributed by atoms with Gasteiger partial charge < -0.3 is 15.1 Å². The summed E-state index contributed by atoms with van der Waals surface area (Å²) in [5, 5.41) is 19.6. The molecule has 1 aliphatic heterocycles. The van der Waals surface area contributed by atoms with Gasteiger partial charge in [-0.15, -0.1) is 0 Å². The molecule has 2 N–H and O–H groups in total. The van der Waals surface area contributed by atoms with Gasteiger partial charge in [-0.25, -0.2) is 4.39 Å². The van der Waals surface area contributed by atoms with Crippen molar-refractivity contribution in [2.45, 2.75) is 6.10 Å². The molecule has 1 atom stereocenters. The van der Waals surface area contributed by atoms with Crippen LogP contribution in [0.4, 0.5) is 4.39 Å². The van der Waals surface area contributed by atoms with Crippen molar-refractivity contribution in [2.24, 2.45) is 0 Å². The van der Waals surface area contributed by atoms with E-state index in [0.717, 1.165) is 11.8 Å². The maximum absolute atomic E-state index is 13.9. The number of thiocarbonyl (C=S) groups is 1. The van der Waals surface area contributed by atoms with E-state index in [4.69, 9.17) is 12.2 Å². The number of halogens is 1. The summed E-state index contributed by atoms with van der Waals surface area (Å²) in [5.41, 5.74) is 0.810. The van der Waals surface area contributed by atoms with Gasteiger partial charge in [0.25, 0.3) is 5.91 Å². The molecule has 1 fully saturated rings. The first kappa shape index (κ1) is 21.9. The summed E-state index contributed by atoms with van der Waals surface area (Å²) < 4.78 is 14.1. The third kappa shape index (κ3) is 5.05. The lowest BCUT2D eigenvalue weighted by molar-refractivity contribution is -0.135. The number of hydrogen-bond acceptors (Lipinski definition) is 6. The molecule has 9 heteroatoms. The van der Waals surface area contributed by atoms with Crippen molar-refractivity contribution in [1.82, 2.24) is 9.80 Å². The second-order valence-corrected chi connectivity index (χ2v) is 8.35. The van der Waals surface area contributed by atoms with Gasteiger partial charge in [-0.3, -0.25) is 14.5 Å². The Hall–Kier alpha value is -2.75. The second-order valence-electron chi connectivity index (χ2n) is 6.67. The fourth-order valence-electron chi connectivity index (χ4n) is 2.79. The normalized spacial score (nSPS) is 16.2. The molecule has 2 aromatic carbocycles. The van der Waals surface area contributed by atoms with E-state index in [1.54, 1.807) is 30.3 Å². The van der Waals surface area contributed by atoms with Crippen LogP contribution in [0.3, 0.4) is 0 Å². The van der Waals surface area contributed by atoms with Crippen LogP contribution in [0.15, 0.2) is 53.4 Å². The molecule has 0 aliphatic carbocycles. The van der Waals surface area contributed by atoms with E-state index in [0.29, 0.717) is 5.56 Å². The average Bonchev–Trinajstić information content (AvgIpc) is 2.97. The van der Waals surface area contributed by atoms with E-state index < -0.39 is 23.7 Å².